The van der Waals surface area contributed by atoms with E-state index in [1.807, 2.05) is 17.5 Å². The monoisotopic (exact) mass is 307 g/mol. The highest BCUT2D eigenvalue weighted by Gasteiger charge is 2.22. The molecule has 1 N–H and O–H groups in total. The van der Waals surface area contributed by atoms with Gasteiger partial charge in [0.05, 0.1) is 11.4 Å². The second kappa shape index (κ2) is 6.36. The van der Waals surface area contributed by atoms with E-state index in [1.54, 1.807) is 11.3 Å². The first kappa shape index (κ1) is 14.2. The van der Waals surface area contributed by atoms with Crippen molar-refractivity contribution in [3.8, 4) is 10.8 Å². The van der Waals surface area contributed by atoms with Crippen LogP contribution in [0.15, 0.2) is 22.0 Å². The summed E-state index contributed by atoms with van der Waals surface area (Å²) in [6.07, 6.45) is 2.11. The highest BCUT2D eigenvalue weighted by atomic mass is 32.1. The summed E-state index contributed by atoms with van der Waals surface area (Å²) in [5.74, 6) is 0.855. The van der Waals surface area contributed by atoms with Gasteiger partial charge in [0.15, 0.2) is 5.82 Å². The zero-order chi connectivity index (χ0) is 14.7. The Kier molecular flexibility index (Phi) is 4.31. The van der Waals surface area contributed by atoms with Crippen LogP contribution < -0.4 is 0 Å². The average molecular weight is 307 g/mol. The van der Waals surface area contributed by atoms with Crippen LogP contribution in [-0.4, -0.2) is 39.2 Å². The summed E-state index contributed by atoms with van der Waals surface area (Å²) in [7, 11) is 0. The fourth-order valence-electron chi connectivity index (χ4n) is 2.61. The molecule has 0 radical (unpaired) electrons. The maximum Gasteiger partial charge on any atom is 0.303 e. The molecule has 0 bridgehead atoms. The van der Waals surface area contributed by atoms with Crippen LogP contribution in [0.25, 0.3) is 10.8 Å². The Morgan fingerprint density at radius 1 is 1.48 bits per heavy atom. The number of carboxylic acid groups (broad SMARTS) is 1. The fraction of sp³-hybridized carbons (Fsp3) is 0.500. The lowest BCUT2D eigenvalue weighted by molar-refractivity contribution is -0.138. The van der Waals surface area contributed by atoms with E-state index in [0.29, 0.717) is 24.2 Å². The Labute approximate surface area is 126 Å². The van der Waals surface area contributed by atoms with Gasteiger partial charge in [-0.25, -0.2) is 0 Å². The lowest BCUT2D eigenvalue weighted by Crippen LogP contribution is -2.34. The van der Waals surface area contributed by atoms with Crippen molar-refractivity contribution in [2.75, 3.05) is 13.1 Å². The van der Waals surface area contributed by atoms with Crippen molar-refractivity contribution in [2.45, 2.75) is 25.8 Å². The quantitative estimate of drug-likeness (QED) is 0.914. The van der Waals surface area contributed by atoms with Gasteiger partial charge in [-0.15, -0.1) is 11.3 Å². The predicted octanol–water partition coefficient (Wildman–Crippen LogP) is 2.48. The molecular formula is C14H17N3O3S. The summed E-state index contributed by atoms with van der Waals surface area (Å²) in [6, 6.07) is 3.91. The smallest absolute Gasteiger partial charge is 0.303 e. The Hall–Kier alpha value is -1.73. The number of aliphatic carboxylic acids is 1. The summed E-state index contributed by atoms with van der Waals surface area (Å²) in [5.41, 5.74) is 0. The van der Waals surface area contributed by atoms with E-state index in [4.69, 9.17) is 9.63 Å². The van der Waals surface area contributed by atoms with Gasteiger partial charge in [0.1, 0.15) is 0 Å². The van der Waals surface area contributed by atoms with Crippen LogP contribution in [-0.2, 0) is 11.3 Å². The summed E-state index contributed by atoms with van der Waals surface area (Å²) in [4.78, 5) is 18.4. The first-order valence-corrected chi connectivity index (χ1v) is 7.89. The molecule has 3 rings (SSSR count). The van der Waals surface area contributed by atoms with Gasteiger partial charge in [0.2, 0.25) is 0 Å². The number of piperidine rings is 1. The number of hydrogen-bond acceptors (Lipinski definition) is 6. The fourth-order valence-corrected chi connectivity index (χ4v) is 3.26. The Bertz CT molecular complexity index is 588. The van der Waals surface area contributed by atoms with Crippen LogP contribution >= 0.6 is 11.3 Å². The number of rotatable bonds is 5. The molecule has 0 aromatic carbocycles. The Morgan fingerprint density at radius 3 is 2.95 bits per heavy atom. The molecule has 21 heavy (non-hydrogen) atoms. The lowest BCUT2D eigenvalue weighted by atomic mass is 9.94. The molecule has 2 aromatic heterocycles. The third-order valence-corrected chi connectivity index (χ3v) is 4.59. The molecule has 0 saturated carbocycles. The van der Waals surface area contributed by atoms with Gasteiger partial charge in [-0.1, -0.05) is 11.2 Å². The highest BCUT2D eigenvalue weighted by Crippen LogP contribution is 2.24. The van der Waals surface area contributed by atoms with Gasteiger partial charge in [0.25, 0.3) is 5.89 Å². The first-order chi connectivity index (χ1) is 10.2. The van der Waals surface area contributed by atoms with Gasteiger partial charge in [-0.05, 0) is 43.3 Å². The standard InChI is InChI=1S/C14H17N3O3S/c18-13(19)8-10-3-5-17(6-4-10)9-12-15-14(20-16-12)11-2-1-7-21-11/h1-2,7,10H,3-6,8-9H2,(H,18,19). The molecule has 0 atom stereocenters. The van der Waals surface area contributed by atoms with Crippen LogP contribution in [0.3, 0.4) is 0 Å². The lowest BCUT2D eigenvalue weighted by Gasteiger charge is -2.30. The summed E-state index contributed by atoms with van der Waals surface area (Å²) < 4.78 is 5.27. The van der Waals surface area contributed by atoms with Crippen LogP contribution in [0.2, 0.25) is 0 Å². The van der Waals surface area contributed by atoms with E-state index in [-0.39, 0.29) is 6.42 Å². The van der Waals surface area contributed by atoms with Gasteiger partial charge in [-0.2, -0.15) is 4.98 Å². The van der Waals surface area contributed by atoms with Crippen LogP contribution in [0, 0.1) is 5.92 Å². The molecule has 0 aliphatic carbocycles. The first-order valence-electron chi connectivity index (χ1n) is 7.01. The predicted molar refractivity (Wildman–Crippen MR) is 77.9 cm³/mol. The third kappa shape index (κ3) is 3.68. The molecule has 112 valence electrons. The number of carboxylic acids is 1. The zero-order valence-corrected chi connectivity index (χ0v) is 12.4. The number of thiophene rings is 1. The topological polar surface area (TPSA) is 79.5 Å². The van der Waals surface area contributed by atoms with Crippen LogP contribution in [0.4, 0.5) is 0 Å². The maximum atomic E-state index is 10.7. The van der Waals surface area contributed by atoms with Crippen LogP contribution in [0.1, 0.15) is 25.1 Å². The summed E-state index contributed by atoms with van der Waals surface area (Å²) >= 11 is 1.58. The number of carbonyl (C=O) groups is 1. The molecule has 2 aromatic rings. The summed E-state index contributed by atoms with van der Waals surface area (Å²) in [5, 5.41) is 14.8. The van der Waals surface area contributed by atoms with E-state index in [2.05, 4.69) is 15.0 Å². The molecule has 0 unspecified atom stereocenters. The van der Waals surface area contributed by atoms with Gasteiger partial charge >= 0.3 is 5.97 Å². The van der Waals surface area contributed by atoms with Crippen molar-refractivity contribution in [3.05, 3.63) is 23.3 Å². The minimum Gasteiger partial charge on any atom is -0.481 e. The Balaban J connectivity index is 1.53. The highest BCUT2D eigenvalue weighted by molar-refractivity contribution is 7.13. The van der Waals surface area contributed by atoms with Crippen molar-refractivity contribution in [1.82, 2.24) is 15.0 Å². The molecule has 0 amide bonds. The van der Waals surface area contributed by atoms with E-state index >= 15 is 0 Å². The van der Waals surface area contributed by atoms with E-state index in [1.165, 1.54) is 0 Å². The average Bonchev–Trinajstić information content (AvgIpc) is 3.11. The minimum absolute atomic E-state index is 0.276. The number of likely N-dealkylation sites (tertiary alicyclic amines) is 1. The Morgan fingerprint density at radius 2 is 2.29 bits per heavy atom. The molecule has 7 heteroatoms. The van der Waals surface area contributed by atoms with Crippen molar-refractivity contribution >= 4 is 17.3 Å². The van der Waals surface area contributed by atoms with Gasteiger partial charge < -0.3 is 9.63 Å². The molecule has 1 fully saturated rings. The van der Waals surface area contributed by atoms with Crippen LogP contribution in [0.5, 0.6) is 0 Å². The molecule has 1 aliphatic heterocycles. The van der Waals surface area contributed by atoms with E-state index < -0.39 is 5.97 Å². The number of hydrogen-bond donors (Lipinski definition) is 1. The maximum absolute atomic E-state index is 10.7. The minimum atomic E-state index is -0.702. The molecule has 3 heterocycles. The second-order valence-electron chi connectivity index (χ2n) is 5.31. The van der Waals surface area contributed by atoms with Crippen molar-refractivity contribution in [2.24, 2.45) is 5.92 Å². The second-order valence-corrected chi connectivity index (χ2v) is 6.26. The van der Waals surface area contributed by atoms with Crippen molar-refractivity contribution in [3.63, 3.8) is 0 Å². The van der Waals surface area contributed by atoms with E-state index in [0.717, 1.165) is 30.8 Å². The third-order valence-electron chi connectivity index (χ3n) is 3.74. The largest absolute Gasteiger partial charge is 0.481 e. The normalized spacial score (nSPS) is 17.1. The van der Waals surface area contributed by atoms with Crippen molar-refractivity contribution < 1.29 is 14.4 Å². The molecule has 0 spiro atoms. The molecule has 1 saturated heterocycles. The molecule has 1 aliphatic rings. The van der Waals surface area contributed by atoms with E-state index in [9.17, 15) is 4.79 Å². The number of aromatic nitrogens is 2. The number of nitrogens with zero attached hydrogens (tertiary/aromatic N) is 3. The van der Waals surface area contributed by atoms with Gasteiger partial charge in [0, 0.05) is 6.42 Å². The SMILES string of the molecule is O=C(O)CC1CCN(Cc2noc(-c3cccs3)n2)CC1. The molecular weight excluding hydrogens is 290 g/mol. The summed E-state index contributed by atoms with van der Waals surface area (Å²) in [6.45, 7) is 2.44. The van der Waals surface area contributed by atoms with Gasteiger partial charge in [-0.3, -0.25) is 9.69 Å². The zero-order valence-electron chi connectivity index (χ0n) is 11.6. The molecule has 6 nitrogen and oxygen atoms in total. The van der Waals surface area contributed by atoms with Crippen molar-refractivity contribution in [1.29, 1.82) is 0 Å².